The second-order valence-electron chi connectivity index (χ2n) is 7.00. The van der Waals surface area contributed by atoms with E-state index in [2.05, 4.69) is 31.3 Å². The van der Waals surface area contributed by atoms with Crippen molar-refractivity contribution in [1.29, 1.82) is 0 Å². The van der Waals surface area contributed by atoms with E-state index in [4.69, 9.17) is 4.74 Å². The Morgan fingerprint density at radius 1 is 1.10 bits per heavy atom. The van der Waals surface area contributed by atoms with E-state index >= 15 is 0 Å². The van der Waals surface area contributed by atoms with Gasteiger partial charge in [-0.3, -0.25) is 14.4 Å². The second-order valence-corrected chi connectivity index (χ2v) is 7.91. The molecule has 1 aliphatic rings. The molecule has 2 aromatic rings. The van der Waals surface area contributed by atoms with Gasteiger partial charge in [0.05, 0.1) is 12.5 Å². The molecular weight excluding hydrogens is 452 g/mol. The summed E-state index contributed by atoms with van der Waals surface area (Å²) in [5, 5.41) is 5.44. The van der Waals surface area contributed by atoms with Crippen LogP contribution in [-0.4, -0.2) is 44.7 Å². The lowest BCUT2D eigenvalue weighted by molar-refractivity contribution is -0.139. The number of anilines is 1. The number of esters is 1. The molecule has 0 unspecified atom stereocenters. The van der Waals surface area contributed by atoms with Crippen LogP contribution in [0.15, 0.2) is 53.0 Å². The minimum Gasteiger partial charge on any atom is -0.468 e. The molecule has 0 aromatic heterocycles. The van der Waals surface area contributed by atoms with E-state index in [9.17, 15) is 14.4 Å². The second kappa shape index (κ2) is 9.86. The van der Waals surface area contributed by atoms with Crippen molar-refractivity contribution in [3.8, 4) is 0 Å². The number of ether oxygens (including phenoxy) is 2. The third-order valence-corrected chi connectivity index (χ3v) is 5.71. The first kappa shape index (κ1) is 22.0. The van der Waals surface area contributed by atoms with Gasteiger partial charge in [0.1, 0.15) is 6.54 Å². The van der Waals surface area contributed by atoms with Crippen molar-refractivity contribution in [2.24, 2.45) is 0 Å². The number of nitrogens with one attached hydrogen (secondary N) is 2. The van der Waals surface area contributed by atoms with Crippen molar-refractivity contribution >= 4 is 39.4 Å². The zero-order valence-electron chi connectivity index (χ0n) is 16.6. The summed E-state index contributed by atoms with van der Waals surface area (Å²) in [6.45, 7) is 0.775. The smallest absolute Gasteiger partial charge is 0.325 e. The van der Waals surface area contributed by atoms with E-state index in [0.717, 1.165) is 10.0 Å². The number of rotatable bonds is 6. The predicted octanol–water partition coefficient (Wildman–Crippen LogP) is 3.04. The molecule has 2 N–H and O–H groups in total. The fraction of sp³-hybridized carbons (Fsp3) is 0.318. The lowest BCUT2D eigenvalue weighted by Crippen LogP contribution is -2.44. The lowest BCUT2D eigenvalue weighted by atomic mass is 9.73. The molecule has 2 amide bonds. The van der Waals surface area contributed by atoms with Gasteiger partial charge in [-0.1, -0.05) is 34.1 Å². The standard InChI is InChI=1S/C22H23BrN2O5/c1-29-19(26)14-24-20(27)15-3-2-4-18(13-15)25-21(28)22(9-11-30-12-10-22)16-5-7-17(23)8-6-16/h2-8,13H,9-12,14H2,1H3,(H,24,27)(H,25,28). The Bertz CT molecular complexity index is 923. The lowest BCUT2D eigenvalue weighted by Gasteiger charge is -2.36. The highest BCUT2D eigenvalue weighted by Crippen LogP contribution is 2.36. The Kier molecular flexibility index (Phi) is 7.23. The number of carbonyl (C=O) groups is 3. The zero-order valence-corrected chi connectivity index (χ0v) is 18.2. The van der Waals surface area contributed by atoms with Crippen molar-refractivity contribution in [3.63, 3.8) is 0 Å². The van der Waals surface area contributed by atoms with Crippen LogP contribution in [0.4, 0.5) is 5.69 Å². The van der Waals surface area contributed by atoms with E-state index in [1.165, 1.54) is 7.11 Å². The van der Waals surface area contributed by atoms with Crippen LogP contribution < -0.4 is 10.6 Å². The van der Waals surface area contributed by atoms with Gasteiger partial charge in [-0.15, -0.1) is 0 Å². The summed E-state index contributed by atoms with van der Waals surface area (Å²) in [5.74, 6) is -1.10. The van der Waals surface area contributed by atoms with Crippen LogP contribution in [0.25, 0.3) is 0 Å². The number of carbonyl (C=O) groups excluding carboxylic acids is 3. The van der Waals surface area contributed by atoms with Gasteiger partial charge in [0.15, 0.2) is 0 Å². The molecule has 0 aliphatic carbocycles. The van der Waals surface area contributed by atoms with Gasteiger partial charge in [0, 0.05) is 28.9 Å². The van der Waals surface area contributed by atoms with Crippen LogP contribution in [0, 0.1) is 0 Å². The normalized spacial score (nSPS) is 15.1. The van der Waals surface area contributed by atoms with Crippen LogP contribution in [0.3, 0.4) is 0 Å². The Labute approximate surface area is 183 Å². The molecule has 1 heterocycles. The molecule has 1 saturated heterocycles. The third-order valence-electron chi connectivity index (χ3n) is 5.18. The molecule has 2 aromatic carbocycles. The van der Waals surface area contributed by atoms with Crippen LogP contribution in [-0.2, 0) is 24.5 Å². The minimum atomic E-state index is -0.706. The number of benzene rings is 2. The number of methoxy groups -OCH3 is 1. The SMILES string of the molecule is COC(=O)CNC(=O)c1cccc(NC(=O)C2(c3ccc(Br)cc3)CCOCC2)c1. The van der Waals surface area contributed by atoms with Crippen molar-refractivity contribution in [2.45, 2.75) is 18.3 Å². The Morgan fingerprint density at radius 3 is 2.47 bits per heavy atom. The number of amides is 2. The number of hydrogen-bond donors (Lipinski definition) is 2. The van der Waals surface area contributed by atoms with Crippen LogP contribution in [0.2, 0.25) is 0 Å². The summed E-state index contributed by atoms with van der Waals surface area (Å²) < 4.78 is 11.0. The molecule has 8 heteroatoms. The average molecular weight is 475 g/mol. The van der Waals surface area contributed by atoms with Gasteiger partial charge in [-0.2, -0.15) is 0 Å². The highest BCUT2D eigenvalue weighted by molar-refractivity contribution is 9.10. The summed E-state index contributed by atoms with van der Waals surface area (Å²) in [4.78, 5) is 36.9. The third kappa shape index (κ3) is 5.06. The van der Waals surface area contributed by atoms with E-state index < -0.39 is 17.3 Å². The quantitative estimate of drug-likeness (QED) is 0.627. The van der Waals surface area contributed by atoms with E-state index in [1.54, 1.807) is 24.3 Å². The monoisotopic (exact) mass is 474 g/mol. The molecule has 1 fully saturated rings. The Hall–Kier alpha value is -2.71. The van der Waals surface area contributed by atoms with Crippen molar-refractivity contribution < 1.29 is 23.9 Å². The van der Waals surface area contributed by atoms with Crippen LogP contribution in [0.5, 0.6) is 0 Å². The highest BCUT2D eigenvalue weighted by Gasteiger charge is 2.41. The van der Waals surface area contributed by atoms with Crippen molar-refractivity contribution in [3.05, 3.63) is 64.1 Å². The first-order valence-electron chi connectivity index (χ1n) is 9.55. The molecule has 3 rings (SSSR count). The maximum Gasteiger partial charge on any atom is 0.325 e. The topological polar surface area (TPSA) is 93.7 Å². The molecule has 1 aliphatic heterocycles. The van der Waals surface area contributed by atoms with Gasteiger partial charge in [-0.05, 0) is 48.7 Å². The largest absolute Gasteiger partial charge is 0.468 e. The summed E-state index contributed by atoms with van der Waals surface area (Å²) >= 11 is 3.43. The molecule has 0 atom stereocenters. The molecule has 0 radical (unpaired) electrons. The highest BCUT2D eigenvalue weighted by atomic mass is 79.9. The molecule has 0 spiro atoms. The summed E-state index contributed by atoms with van der Waals surface area (Å²) in [7, 11) is 1.25. The van der Waals surface area contributed by atoms with Gasteiger partial charge < -0.3 is 20.1 Å². The molecule has 158 valence electrons. The van der Waals surface area contributed by atoms with Gasteiger partial charge in [-0.25, -0.2) is 0 Å². The van der Waals surface area contributed by atoms with Crippen molar-refractivity contribution in [1.82, 2.24) is 5.32 Å². The number of halogens is 1. The molecule has 0 bridgehead atoms. The fourth-order valence-corrected chi connectivity index (χ4v) is 3.72. The first-order chi connectivity index (χ1) is 14.4. The minimum absolute atomic E-state index is 0.139. The maximum absolute atomic E-state index is 13.4. The first-order valence-corrected chi connectivity index (χ1v) is 10.3. The summed E-state index contributed by atoms with van der Waals surface area (Å²) in [6, 6.07) is 14.3. The Balaban J connectivity index is 1.78. The molecule has 7 nitrogen and oxygen atoms in total. The summed E-state index contributed by atoms with van der Waals surface area (Å²) in [5.41, 5.74) is 1.07. The van der Waals surface area contributed by atoms with E-state index in [1.807, 2.05) is 24.3 Å². The molecule has 30 heavy (non-hydrogen) atoms. The molecular formula is C22H23BrN2O5. The van der Waals surface area contributed by atoms with Crippen LogP contribution >= 0.6 is 15.9 Å². The number of hydrogen-bond acceptors (Lipinski definition) is 5. The average Bonchev–Trinajstić information content (AvgIpc) is 2.78. The maximum atomic E-state index is 13.4. The van der Waals surface area contributed by atoms with Gasteiger partial charge in [0.25, 0.3) is 5.91 Å². The van der Waals surface area contributed by atoms with Crippen molar-refractivity contribution in [2.75, 3.05) is 32.2 Å². The fourth-order valence-electron chi connectivity index (χ4n) is 3.45. The Morgan fingerprint density at radius 2 is 1.80 bits per heavy atom. The zero-order chi connectivity index (χ0) is 21.6. The predicted molar refractivity (Wildman–Crippen MR) is 115 cm³/mol. The van der Waals surface area contributed by atoms with Gasteiger partial charge >= 0.3 is 5.97 Å². The van der Waals surface area contributed by atoms with E-state index in [0.29, 0.717) is 37.3 Å². The molecule has 0 saturated carbocycles. The van der Waals surface area contributed by atoms with E-state index in [-0.39, 0.29) is 12.5 Å². The summed E-state index contributed by atoms with van der Waals surface area (Å²) in [6.07, 6.45) is 1.14. The van der Waals surface area contributed by atoms with Gasteiger partial charge in [0.2, 0.25) is 5.91 Å². The van der Waals surface area contributed by atoms with Crippen LogP contribution in [0.1, 0.15) is 28.8 Å².